The highest BCUT2D eigenvalue weighted by molar-refractivity contribution is 7.84. The molecule has 0 bridgehead atoms. The van der Waals surface area contributed by atoms with Crippen molar-refractivity contribution in [2.45, 2.75) is 51.0 Å². The predicted octanol–water partition coefficient (Wildman–Crippen LogP) is 0.102. The van der Waals surface area contributed by atoms with E-state index in [1.807, 2.05) is 11.6 Å². The summed E-state index contributed by atoms with van der Waals surface area (Å²) in [6, 6.07) is 1.24. The van der Waals surface area contributed by atoms with Crippen LogP contribution in [0.2, 0.25) is 0 Å². The van der Waals surface area contributed by atoms with Gasteiger partial charge in [0.25, 0.3) is 0 Å². The molecule has 3 N–H and O–H groups in total. The van der Waals surface area contributed by atoms with E-state index >= 15 is 0 Å². The van der Waals surface area contributed by atoms with Gasteiger partial charge >= 0.3 is 10.3 Å². The van der Waals surface area contributed by atoms with Crippen LogP contribution >= 0.6 is 0 Å². The molecule has 0 radical (unpaired) electrons. The normalized spacial score (nSPS) is 20.8. The second-order valence-corrected chi connectivity index (χ2v) is 8.40. The topological polar surface area (TPSA) is 148 Å². The summed E-state index contributed by atoms with van der Waals surface area (Å²) in [4.78, 5) is 21.0. The van der Waals surface area contributed by atoms with Crippen LogP contribution in [0.5, 0.6) is 0 Å². The minimum Gasteiger partial charge on any atom is -0.390 e. The lowest BCUT2D eigenvalue weighted by atomic mass is 10.1. The van der Waals surface area contributed by atoms with Gasteiger partial charge in [0.1, 0.15) is 30.5 Å². The van der Waals surface area contributed by atoms with Crippen molar-refractivity contribution in [2.75, 3.05) is 12.4 Å². The molecule has 3 atom stereocenters. The third kappa shape index (κ3) is 5.86. The molecule has 2 heterocycles. The standard InChI is InChI=1S/C19H24N6O5S/c1-3-4-5-7-25-8-6-15(24-25)18(27)14-11-21-12-22-19(14)23-13-9-16(26)17(10-13)30-31(28,29)20-2/h6,8,11-13,16-17,20,26H,3,7,9-10H2,1-2H3,(H,21,22,23)/t13-,16+,17-/m1/s1. The van der Waals surface area contributed by atoms with Gasteiger partial charge < -0.3 is 10.4 Å². The molecule has 1 fully saturated rings. The summed E-state index contributed by atoms with van der Waals surface area (Å²) in [6.45, 7) is 2.33. The van der Waals surface area contributed by atoms with Gasteiger partial charge in [-0.25, -0.2) is 9.97 Å². The quantitative estimate of drug-likeness (QED) is 0.378. The second kappa shape index (κ2) is 9.97. The van der Waals surface area contributed by atoms with Crippen molar-refractivity contribution in [3.8, 4) is 11.8 Å². The lowest BCUT2D eigenvalue weighted by Crippen LogP contribution is -2.31. The van der Waals surface area contributed by atoms with Gasteiger partial charge in [-0.1, -0.05) is 12.8 Å². The number of aromatic nitrogens is 4. The molecular weight excluding hydrogens is 424 g/mol. The fourth-order valence-electron chi connectivity index (χ4n) is 3.18. The largest absolute Gasteiger partial charge is 0.390 e. The molecule has 2 aromatic heterocycles. The Bertz CT molecular complexity index is 1090. The van der Waals surface area contributed by atoms with E-state index < -0.39 is 22.5 Å². The SMILES string of the molecule is CCC#CCn1ccc(C(=O)c2cncnc2N[C@@H]2C[C@H](O)[C@H](OS(=O)(=O)NC)C2)n1. The molecule has 0 aromatic carbocycles. The smallest absolute Gasteiger partial charge is 0.335 e. The van der Waals surface area contributed by atoms with Crippen LogP contribution < -0.4 is 10.0 Å². The molecule has 0 amide bonds. The number of aliphatic hydroxyl groups is 1. The third-order valence-electron chi connectivity index (χ3n) is 4.69. The Kier molecular flexibility index (Phi) is 7.34. The van der Waals surface area contributed by atoms with E-state index in [4.69, 9.17) is 4.18 Å². The summed E-state index contributed by atoms with van der Waals surface area (Å²) in [6.07, 6.45) is 3.65. The maximum absolute atomic E-state index is 12.9. The molecule has 1 saturated carbocycles. The first kappa shape index (κ1) is 22.8. The molecule has 11 nitrogen and oxygen atoms in total. The zero-order valence-corrected chi connectivity index (χ0v) is 18.0. The Balaban J connectivity index is 1.72. The van der Waals surface area contributed by atoms with Crippen molar-refractivity contribution in [1.82, 2.24) is 24.5 Å². The number of ketones is 1. The Morgan fingerprint density at radius 2 is 2.19 bits per heavy atom. The average Bonchev–Trinajstić information content (AvgIpc) is 3.34. The first-order valence-corrected chi connectivity index (χ1v) is 11.1. The van der Waals surface area contributed by atoms with E-state index in [0.29, 0.717) is 6.54 Å². The number of nitrogens with zero attached hydrogens (tertiary/aromatic N) is 4. The van der Waals surface area contributed by atoms with Crippen molar-refractivity contribution in [1.29, 1.82) is 0 Å². The van der Waals surface area contributed by atoms with E-state index in [0.717, 1.165) is 6.42 Å². The number of hydrogen-bond acceptors (Lipinski definition) is 9. The lowest BCUT2D eigenvalue weighted by molar-refractivity contribution is 0.0636. The number of nitrogens with one attached hydrogen (secondary N) is 2. The lowest BCUT2D eigenvalue weighted by Gasteiger charge is -2.15. The highest BCUT2D eigenvalue weighted by atomic mass is 32.2. The van der Waals surface area contributed by atoms with Gasteiger partial charge in [-0.15, -0.1) is 5.92 Å². The minimum absolute atomic E-state index is 0.213. The Morgan fingerprint density at radius 3 is 2.94 bits per heavy atom. The fourth-order valence-corrected chi connectivity index (χ4v) is 3.81. The third-order valence-corrected chi connectivity index (χ3v) is 5.69. The van der Waals surface area contributed by atoms with Gasteiger partial charge in [0.15, 0.2) is 0 Å². The van der Waals surface area contributed by atoms with Gasteiger partial charge in [-0.05, 0) is 18.9 Å². The zero-order chi connectivity index (χ0) is 22.4. The van der Waals surface area contributed by atoms with Crippen molar-refractivity contribution in [3.05, 3.63) is 36.0 Å². The summed E-state index contributed by atoms with van der Waals surface area (Å²) < 4.78 is 31.8. The Morgan fingerprint density at radius 1 is 1.39 bits per heavy atom. The number of anilines is 1. The highest BCUT2D eigenvalue weighted by Gasteiger charge is 2.37. The van der Waals surface area contributed by atoms with Crippen LogP contribution in [0.25, 0.3) is 0 Å². The molecule has 1 aliphatic rings. The molecule has 0 spiro atoms. The molecule has 1 aliphatic carbocycles. The van der Waals surface area contributed by atoms with Gasteiger partial charge in [-0.3, -0.25) is 13.7 Å². The zero-order valence-electron chi connectivity index (χ0n) is 17.1. The van der Waals surface area contributed by atoms with Gasteiger partial charge in [0.05, 0.1) is 11.7 Å². The van der Waals surface area contributed by atoms with Crippen molar-refractivity contribution >= 4 is 21.9 Å². The molecule has 31 heavy (non-hydrogen) atoms. The van der Waals surface area contributed by atoms with Crippen LogP contribution in [0.3, 0.4) is 0 Å². The van der Waals surface area contributed by atoms with Gasteiger partial charge in [0, 0.05) is 31.9 Å². The summed E-state index contributed by atoms with van der Waals surface area (Å²) in [7, 11) is -2.71. The van der Waals surface area contributed by atoms with Gasteiger partial charge in [0.2, 0.25) is 5.78 Å². The number of rotatable bonds is 8. The number of aliphatic hydroxyl groups excluding tert-OH is 1. The fraction of sp³-hybridized carbons (Fsp3) is 0.474. The van der Waals surface area contributed by atoms with Crippen molar-refractivity contribution in [2.24, 2.45) is 0 Å². The first-order chi connectivity index (χ1) is 14.8. The monoisotopic (exact) mass is 448 g/mol. The molecule has 3 rings (SSSR count). The molecule has 0 saturated heterocycles. The van der Waals surface area contributed by atoms with Gasteiger partial charge in [-0.2, -0.15) is 18.2 Å². The Labute approximate surface area is 180 Å². The number of carbonyl (C=O) groups excluding carboxylic acids is 1. The predicted molar refractivity (Wildman–Crippen MR) is 111 cm³/mol. The molecule has 166 valence electrons. The maximum atomic E-state index is 12.9. The van der Waals surface area contributed by atoms with Crippen LogP contribution in [0.1, 0.15) is 42.2 Å². The average molecular weight is 449 g/mol. The molecular formula is C19H24N6O5S. The first-order valence-electron chi connectivity index (χ1n) is 9.73. The molecule has 0 unspecified atom stereocenters. The van der Waals surface area contributed by atoms with Crippen molar-refractivity contribution in [3.63, 3.8) is 0 Å². The van der Waals surface area contributed by atoms with E-state index in [2.05, 4.69) is 32.2 Å². The maximum Gasteiger partial charge on any atom is 0.335 e. The number of hydrogen-bond donors (Lipinski definition) is 3. The summed E-state index contributed by atoms with van der Waals surface area (Å²) in [5, 5.41) is 17.5. The Hall–Kier alpha value is -2.85. The summed E-state index contributed by atoms with van der Waals surface area (Å²) in [5.74, 6) is 5.80. The molecule has 0 aliphatic heterocycles. The van der Waals surface area contributed by atoms with E-state index in [9.17, 15) is 18.3 Å². The summed E-state index contributed by atoms with van der Waals surface area (Å²) in [5.41, 5.74) is 0.443. The van der Waals surface area contributed by atoms with E-state index in [1.165, 1.54) is 19.6 Å². The van der Waals surface area contributed by atoms with Crippen molar-refractivity contribution < 1.29 is 22.5 Å². The molecule has 12 heteroatoms. The van der Waals surface area contributed by atoms with Crippen LogP contribution in [0.15, 0.2) is 24.8 Å². The number of carbonyl (C=O) groups is 1. The second-order valence-electron chi connectivity index (χ2n) is 6.89. The van der Waals surface area contributed by atoms with E-state index in [-0.39, 0.29) is 41.7 Å². The van der Waals surface area contributed by atoms with E-state index in [1.54, 1.807) is 16.9 Å². The van der Waals surface area contributed by atoms with Crippen LogP contribution in [0.4, 0.5) is 5.82 Å². The summed E-state index contributed by atoms with van der Waals surface area (Å²) >= 11 is 0. The highest BCUT2D eigenvalue weighted by Crippen LogP contribution is 2.27. The molecule has 2 aromatic rings. The van der Waals surface area contributed by atoms with Crippen LogP contribution in [-0.2, 0) is 21.0 Å². The minimum atomic E-state index is -3.93. The van der Waals surface area contributed by atoms with Crippen LogP contribution in [-0.4, -0.2) is 64.4 Å². The van der Waals surface area contributed by atoms with Crippen LogP contribution in [0, 0.1) is 11.8 Å².